The van der Waals surface area contributed by atoms with Crippen LogP contribution in [0.5, 0.6) is 0 Å². The molecule has 0 aromatic carbocycles. The maximum atomic E-state index is 4.98. The minimum atomic E-state index is -0.812. The van der Waals surface area contributed by atoms with Crippen LogP contribution in [0.4, 0.5) is 0 Å². The van der Waals surface area contributed by atoms with Gasteiger partial charge in [-0.15, -0.1) is 0 Å². The third-order valence-corrected chi connectivity index (χ3v) is 3.97. The van der Waals surface area contributed by atoms with E-state index < -0.39 is 8.07 Å². The zero-order valence-corrected chi connectivity index (χ0v) is 9.92. The summed E-state index contributed by atoms with van der Waals surface area (Å²) in [6.07, 6.45) is 8.10. The number of rotatable bonds is 5. The summed E-state index contributed by atoms with van der Waals surface area (Å²) in [5, 5.41) is 0. The fourth-order valence-electron chi connectivity index (χ4n) is 1.34. The van der Waals surface area contributed by atoms with Gasteiger partial charge in [-0.25, -0.2) is 0 Å². The molecule has 0 unspecified atom stereocenters. The molecule has 0 bridgehead atoms. The van der Waals surface area contributed by atoms with Gasteiger partial charge in [0.05, 0.1) is 0 Å². The van der Waals surface area contributed by atoms with E-state index in [9.17, 15) is 0 Å². The molecular formula is C10H20NOSi+. The molecule has 0 amide bonds. The van der Waals surface area contributed by atoms with Gasteiger partial charge in [0, 0.05) is 14.5 Å². The number of nitrogens with zero attached hydrogens (tertiary/aromatic N) is 1. The zero-order valence-electron chi connectivity index (χ0n) is 8.92. The lowest BCUT2D eigenvalue weighted by Gasteiger charge is -2.13. The van der Waals surface area contributed by atoms with E-state index in [0.29, 0.717) is 0 Å². The number of hydrogen-bond acceptors (Lipinski definition) is 1. The van der Waals surface area contributed by atoms with Crippen molar-refractivity contribution in [3.05, 3.63) is 18.9 Å². The molecular weight excluding hydrogens is 178 g/mol. The Morgan fingerprint density at radius 1 is 1.23 bits per heavy atom. The molecule has 1 rings (SSSR count). The molecule has 1 heterocycles. The highest BCUT2D eigenvalue weighted by molar-refractivity contribution is 6.76. The number of aromatic nitrogens is 1. The average Bonchev–Trinajstić information content (AvgIpc) is 2.48. The molecule has 0 fully saturated rings. The van der Waals surface area contributed by atoms with Crippen molar-refractivity contribution in [1.82, 2.24) is 0 Å². The molecule has 0 N–H and O–H groups in total. The summed E-state index contributed by atoms with van der Waals surface area (Å²) in [6, 6.07) is 1.44. The normalized spacial score (nSPS) is 11.9. The van der Waals surface area contributed by atoms with Crippen LogP contribution in [0, 0.1) is 0 Å². The number of aryl methyl sites for hydroxylation is 1. The Balaban J connectivity index is 2.09. The molecule has 0 atom stereocenters. The first kappa shape index (κ1) is 10.5. The van der Waals surface area contributed by atoms with Crippen LogP contribution in [-0.2, 0) is 6.54 Å². The SMILES string of the molecule is C[Si](C)(C)CCCC[n+]1ccoc1. The number of oxazole rings is 1. The molecule has 0 aliphatic carbocycles. The van der Waals surface area contributed by atoms with Gasteiger partial charge >= 0.3 is 6.39 Å². The van der Waals surface area contributed by atoms with Crippen molar-refractivity contribution in [3.8, 4) is 0 Å². The summed E-state index contributed by atoms with van der Waals surface area (Å²) >= 11 is 0. The van der Waals surface area contributed by atoms with Crippen LogP contribution in [0.1, 0.15) is 12.8 Å². The van der Waals surface area contributed by atoms with Crippen LogP contribution in [0.3, 0.4) is 0 Å². The standard InChI is InChI=1S/C10H20NOSi/c1-13(2,3)9-5-4-6-11-7-8-12-10-11/h7-8,10H,4-6,9H2,1-3H3/q+1. The van der Waals surface area contributed by atoms with E-state index >= 15 is 0 Å². The maximum absolute atomic E-state index is 4.98. The second-order valence-corrected chi connectivity index (χ2v) is 10.4. The highest BCUT2D eigenvalue weighted by Crippen LogP contribution is 2.12. The maximum Gasteiger partial charge on any atom is 0.334 e. The topological polar surface area (TPSA) is 17.0 Å². The quantitative estimate of drug-likeness (QED) is 0.404. The Kier molecular flexibility index (Phi) is 3.72. The van der Waals surface area contributed by atoms with Gasteiger partial charge in [-0.2, -0.15) is 4.57 Å². The number of unbranched alkanes of at least 4 members (excludes halogenated alkanes) is 1. The van der Waals surface area contributed by atoms with Crippen LogP contribution in [0.15, 0.2) is 23.3 Å². The molecule has 1 aromatic rings. The Bertz CT molecular complexity index is 226. The fourth-order valence-corrected chi connectivity index (χ4v) is 2.65. The van der Waals surface area contributed by atoms with E-state index in [1.54, 1.807) is 12.7 Å². The Labute approximate surface area is 81.6 Å². The predicted molar refractivity (Wildman–Crippen MR) is 56.3 cm³/mol. The van der Waals surface area contributed by atoms with Gasteiger partial charge in [0.15, 0.2) is 12.8 Å². The van der Waals surface area contributed by atoms with Crippen molar-refractivity contribution in [2.45, 2.75) is 45.1 Å². The van der Waals surface area contributed by atoms with Crippen molar-refractivity contribution in [2.24, 2.45) is 0 Å². The summed E-state index contributed by atoms with van der Waals surface area (Å²) < 4.78 is 7.09. The van der Waals surface area contributed by atoms with Gasteiger partial charge in [0.1, 0.15) is 0 Å². The van der Waals surface area contributed by atoms with Gasteiger partial charge < -0.3 is 4.42 Å². The van der Waals surface area contributed by atoms with Crippen LogP contribution < -0.4 is 4.57 Å². The zero-order chi connectivity index (χ0) is 9.73. The first-order chi connectivity index (χ1) is 6.08. The molecule has 0 radical (unpaired) electrons. The summed E-state index contributed by atoms with van der Waals surface area (Å²) in [5.41, 5.74) is 0. The monoisotopic (exact) mass is 198 g/mol. The first-order valence-corrected chi connectivity index (χ1v) is 8.70. The smallest absolute Gasteiger partial charge is 0.334 e. The molecule has 0 saturated carbocycles. The molecule has 3 heteroatoms. The molecule has 1 aromatic heterocycles. The lowest BCUT2D eigenvalue weighted by Crippen LogP contribution is -2.30. The number of hydrogen-bond donors (Lipinski definition) is 0. The predicted octanol–water partition coefficient (Wildman–Crippen LogP) is 2.69. The van der Waals surface area contributed by atoms with Gasteiger partial charge in [-0.05, 0) is 6.42 Å². The van der Waals surface area contributed by atoms with Gasteiger partial charge in [-0.3, -0.25) is 0 Å². The Morgan fingerprint density at radius 2 is 2.00 bits per heavy atom. The highest BCUT2D eigenvalue weighted by Gasteiger charge is 2.12. The van der Waals surface area contributed by atoms with Crippen LogP contribution >= 0.6 is 0 Å². The Morgan fingerprint density at radius 3 is 2.54 bits per heavy atom. The summed E-state index contributed by atoms with van der Waals surface area (Å²) in [7, 11) is -0.812. The van der Waals surface area contributed by atoms with Gasteiger partial charge in [0.25, 0.3) is 0 Å². The van der Waals surface area contributed by atoms with E-state index in [0.717, 1.165) is 6.54 Å². The summed E-state index contributed by atoms with van der Waals surface area (Å²) in [6.45, 7) is 8.38. The molecule has 0 aliphatic rings. The van der Waals surface area contributed by atoms with E-state index in [4.69, 9.17) is 4.42 Å². The first-order valence-electron chi connectivity index (χ1n) is 4.99. The van der Waals surface area contributed by atoms with Crippen LogP contribution in [0.25, 0.3) is 0 Å². The van der Waals surface area contributed by atoms with E-state index in [1.165, 1.54) is 18.9 Å². The highest BCUT2D eigenvalue weighted by atomic mass is 28.3. The minimum Gasteiger partial charge on any atom is -0.412 e. The van der Waals surface area contributed by atoms with E-state index in [1.807, 2.05) is 6.20 Å². The Hall–Kier alpha value is -0.573. The lowest BCUT2D eigenvalue weighted by molar-refractivity contribution is -0.700. The summed E-state index contributed by atoms with van der Waals surface area (Å²) in [4.78, 5) is 0. The summed E-state index contributed by atoms with van der Waals surface area (Å²) in [5.74, 6) is 0. The van der Waals surface area contributed by atoms with Crippen molar-refractivity contribution in [2.75, 3.05) is 0 Å². The third-order valence-electron chi connectivity index (χ3n) is 2.12. The lowest BCUT2D eigenvalue weighted by atomic mass is 10.3. The van der Waals surface area contributed by atoms with Crippen molar-refractivity contribution < 1.29 is 8.98 Å². The van der Waals surface area contributed by atoms with Gasteiger partial charge in [0.2, 0.25) is 6.20 Å². The molecule has 0 saturated heterocycles. The molecule has 0 spiro atoms. The third kappa shape index (κ3) is 4.88. The second kappa shape index (κ2) is 4.60. The largest absolute Gasteiger partial charge is 0.412 e. The van der Waals surface area contributed by atoms with E-state index in [-0.39, 0.29) is 0 Å². The molecule has 2 nitrogen and oxygen atoms in total. The van der Waals surface area contributed by atoms with E-state index in [2.05, 4.69) is 24.2 Å². The second-order valence-electron chi connectivity index (χ2n) is 4.78. The average molecular weight is 198 g/mol. The van der Waals surface area contributed by atoms with Crippen LogP contribution in [-0.4, -0.2) is 8.07 Å². The molecule has 74 valence electrons. The fraction of sp³-hybridized carbons (Fsp3) is 0.700. The van der Waals surface area contributed by atoms with Crippen molar-refractivity contribution >= 4 is 8.07 Å². The minimum absolute atomic E-state index is 0.812. The molecule has 13 heavy (non-hydrogen) atoms. The molecule has 0 aliphatic heterocycles. The van der Waals surface area contributed by atoms with Gasteiger partial charge in [-0.1, -0.05) is 25.7 Å². The van der Waals surface area contributed by atoms with Crippen LogP contribution in [0.2, 0.25) is 25.7 Å². The van der Waals surface area contributed by atoms with Crippen molar-refractivity contribution in [1.29, 1.82) is 0 Å². The van der Waals surface area contributed by atoms with Crippen molar-refractivity contribution in [3.63, 3.8) is 0 Å².